The van der Waals surface area contributed by atoms with E-state index in [1.165, 1.54) is 19.3 Å². The molecule has 1 aromatic rings. The second kappa shape index (κ2) is 4.75. The molecule has 1 aromatic heterocycles. The molecular formula is C14H21N3O. The maximum atomic E-state index is 12.1. The molecule has 4 nitrogen and oxygen atoms in total. The summed E-state index contributed by atoms with van der Waals surface area (Å²) in [4.78, 5) is 22.0. The molecule has 0 aromatic carbocycles. The van der Waals surface area contributed by atoms with Crippen molar-refractivity contribution < 1.29 is 0 Å². The highest BCUT2D eigenvalue weighted by atomic mass is 16.1. The zero-order chi connectivity index (χ0) is 12.5. The zero-order valence-electron chi connectivity index (χ0n) is 11.0. The number of anilines is 1. The van der Waals surface area contributed by atoms with E-state index in [0.717, 1.165) is 55.5 Å². The van der Waals surface area contributed by atoms with Crippen molar-refractivity contribution in [3.8, 4) is 0 Å². The molecule has 0 saturated carbocycles. The molecule has 1 fully saturated rings. The van der Waals surface area contributed by atoms with Crippen molar-refractivity contribution in [1.82, 2.24) is 9.97 Å². The van der Waals surface area contributed by atoms with Crippen LogP contribution in [0.25, 0.3) is 0 Å². The average Bonchev–Trinajstić information content (AvgIpc) is 2.39. The van der Waals surface area contributed by atoms with Gasteiger partial charge < -0.3 is 4.90 Å². The predicted octanol–water partition coefficient (Wildman–Crippen LogP) is 1.89. The summed E-state index contributed by atoms with van der Waals surface area (Å²) in [6.07, 6.45) is 6.55. The average molecular weight is 247 g/mol. The van der Waals surface area contributed by atoms with Crippen LogP contribution in [-0.2, 0) is 12.8 Å². The van der Waals surface area contributed by atoms with Gasteiger partial charge in [0.05, 0.1) is 5.69 Å². The summed E-state index contributed by atoms with van der Waals surface area (Å²) in [5, 5.41) is 0. The first-order chi connectivity index (χ1) is 8.74. The number of H-pyrrole nitrogens is 1. The molecule has 0 amide bonds. The van der Waals surface area contributed by atoms with Crippen LogP contribution in [0.1, 0.15) is 43.9 Å². The van der Waals surface area contributed by atoms with Gasteiger partial charge >= 0.3 is 0 Å². The largest absolute Gasteiger partial charge is 0.342 e. The molecule has 2 aliphatic rings. The minimum Gasteiger partial charge on any atom is -0.342 e. The summed E-state index contributed by atoms with van der Waals surface area (Å²) >= 11 is 0. The number of fused-ring (bicyclic) bond motifs is 1. The molecule has 98 valence electrons. The molecule has 0 radical (unpaired) electrons. The topological polar surface area (TPSA) is 49.0 Å². The molecule has 3 rings (SSSR count). The number of aromatic nitrogens is 2. The fraction of sp³-hybridized carbons (Fsp3) is 0.714. The number of aromatic amines is 1. The molecule has 0 spiro atoms. The molecule has 1 N–H and O–H groups in total. The Bertz CT molecular complexity index is 486. The maximum Gasteiger partial charge on any atom is 0.255 e. The SMILES string of the molecule is CC1CCN(c2nc3c(c(=O)[nH]2)CCCC3)CC1. The summed E-state index contributed by atoms with van der Waals surface area (Å²) in [5.41, 5.74) is 2.06. The summed E-state index contributed by atoms with van der Waals surface area (Å²) in [7, 11) is 0. The molecular weight excluding hydrogens is 226 g/mol. The van der Waals surface area contributed by atoms with Crippen LogP contribution in [0.3, 0.4) is 0 Å². The first-order valence-corrected chi connectivity index (χ1v) is 7.11. The maximum absolute atomic E-state index is 12.1. The molecule has 2 heterocycles. The van der Waals surface area contributed by atoms with Gasteiger partial charge in [0.2, 0.25) is 5.95 Å². The minimum atomic E-state index is 0.0910. The lowest BCUT2D eigenvalue weighted by Gasteiger charge is -2.31. The van der Waals surface area contributed by atoms with Gasteiger partial charge in [-0.25, -0.2) is 4.98 Å². The van der Waals surface area contributed by atoms with E-state index in [9.17, 15) is 4.79 Å². The Hall–Kier alpha value is -1.32. The highest BCUT2D eigenvalue weighted by Gasteiger charge is 2.21. The van der Waals surface area contributed by atoms with E-state index >= 15 is 0 Å². The molecule has 1 saturated heterocycles. The van der Waals surface area contributed by atoms with Crippen molar-refractivity contribution in [1.29, 1.82) is 0 Å². The van der Waals surface area contributed by atoms with Crippen molar-refractivity contribution in [2.45, 2.75) is 45.4 Å². The summed E-state index contributed by atoms with van der Waals surface area (Å²) < 4.78 is 0. The quantitative estimate of drug-likeness (QED) is 0.824. The Balaban J connectivity index is 1.89. The van der Waals surface area contributed by atoms with Crippen LogP contribution in [0.2, 0.25) is 0 Å². The molecule has 4 heteroatoms. The number of hydrogen-bond donors (Lipinski definition) is 1. The van der Waals surface area contributed by atoms with Gasteiger partial charge in [0, 0.05) is 18.7 Å². The van der Waals surface area contributed by atoms with Crippen LogP contribution in [0, 0.1) is 5.92 Å². The van der Waals surface area contributed by atoms with Crippen LogP contribution in [0.15, 0.2) is 4.79 Å². The third-order valence-corrected chi connectivity index (χ3v) is 4.26. The van der Waals surface area contributed by atoms with E-state index in [1.807, 2.05) is 0 Å². The number of rotatable bonds is 1. The first kappa shape index (κ1) is 11.8. The lowest BCUT2D eigenvalue weighted by Crippen LogP contribution is -2.36. The van der Waals surface area contributed by atoms with Gasteiger partial charge in [-0.15, -0.1) is 0 Å². The number of nitrogens with zero attached hydrogens (tertiary/aromatic N) is 2. The molecule has 0 unspecified atom stereocenters. The highest BCUT2D eigenvalue weighted by molar-refractivity contribution is 5.34. The van der Waals surface area contributed by atoms with Gasteiger partial charge in [-0.05, 0) is 44.4 Å². The smallest absolute Gasteiger partial charge is 0.255 e. The summed E-state index contributed by atoms with van der Waals surface area (Å²) in [5.74, 6) is 1.60. The normalized spacial score (nSPS) is 20.8. The van der Waals surface area contributed by atoms with E-state index < -0.39 is 0 Å². The van der Waals surface area contributed by atoms with E-state index in [0.29, 0.717) is 0 Å². The first-order valence-electron chi connectivity index (χ1n) is 7.11. The molecule has 0 bridgehead atoms. The van der Waals surface area contributed by atoms with Gasteiger partial charge in [0.1, 0.15) is 0 Å². The van der Waals surface area contributed by atoms with Crippen molar-refractivity contribution in [3.05, 3.63) is 21.6 Å². The number of piperidine rings is 1. The van der Waals surface area contributed by atoms with Crippen LogP contribution in [0.4, 0.5) is 5.95 Å². The van der Waals surface area contributed by atoms with E-state index in [-0.39, 0.29) is 5.56 Å². The van der Waals surface area contributed by atoms with Crippen molar-refractivity contribution in [2.75, 3.05) is 18.0 Å². The lowest BCUT2D eigenvalue weighted by atomic mass is 9.97. The third kappa shape index (κ3) is 2.16. The van der Waals surface area contributed by atoms with E-state index in [4.69, 9.17) is 4.98 Å². The fourth-order valence-electron chi connectivity index (χ4n) is 2.96. The molecule has 0 atom stereocenters. The monoisotopic (exact) mass is 247 g/mol. The van der Waals surface area contributed by atoms with Gasteiger partial charge in [0.15, 0.2) is 0 Å². The Morgan fingerprint density at radius 3 is 2.72 bits per heavy atom. The van der Waals surface area contributed by atoms with Crippen molar-refractivity contribution in [3.63, 3.8) is 0 Å². The summed E-state index contributed by atoms with van der Waals surface area (Å²) in [6.45, 7) is 4.33. The van der Waals surface area contributed by atoms with Gasteiger partial charge in [0.25, 0.3) is 5.56 Å². The van der Waals surface area contributed by atoms with Crippen molar-refractivity contribution >= 4 is 5.95 Å². The predicted molar refractivity (Wildman–Crippen MR) is 72.1 cm³/mol. The third-order valence-electron chi connectivity index (χ3n) is 4.26. The standard InChI is InChI=1S/C14H21N3O/c1-10-6-8-17(9-7-10)14-15-12-5-3-2-4-11(12)13(18)16-14/h10H,2-9H2,1H3,(H,15,16,18). The number of aryl methyl sites for hydroxylation is 1. The van der Waals surface area contributed by atoms with Crippen LogP contribution in [-0.4, -0.2) is 23.1 Å². The highest BCUT2D eigenvalue weighted by Crippen LogP contribution is 2.22. The molecule has 18 heavy (non-hydrogen) atoms. The van der Waals surface area contributed by atoms with Crippen LogP contribution in [0.5, 0.6) is 0 Å². The van der Waals surface area contributed by atoms with Gasteiger partial charge in [-0.1, -0.05) is 6.92 Å². The van der Waals surface area contributed by atoms with E-state index in [2.05, 4.69) is 16.8 Å². The Morgan fingerprint density at radius 1 is 1.22 bits per heavy atom. The second-order valence-electron chi connectivity index (χ2n) is 5.69. The van der Waals surface area contributed by atoms with Gasteiger partial charge in [-0.2, -0.15) is 0 Å². The lowest BCUT2D eigenvalue weighted by molar-refractivity contribution is 0.433. The van der Waals surface area contributed by atoms with Gasteiger partial charge in [-0.3, -0.25) is 9.78 Å². The number of hydrogen-bond acceptors (Lipinski definition) is 3. The molecule has 1 aliphatic carbocycles. The van der Waals surface area contributed by atoms with Crippen molar-refractivity contribution in [2.24, 2.45) is 5.92 Å². The fourth-order valence-corrected chi connectivity index (χ4v) is 2.96. The Morgan fingerprint density at radius 2 is 1.94 bits per heavy atom. The molecule has 1 aliphatic heterocycles. The van der Waals surface area contributed by atoms with Crippen LogP contribution >= 0.6 is 0 Å². The number of nitrogens with one attached hydrogen (secondary N) is 1. The zero-order valence-corrected chi connectivity index (χ0v) is 11.0. The Labute approximate surface area is 107 Å². The summed E-state index contributed by atoms with van der Waals surface area (Å²) in [6, 6.07) is 0. The Kier molecular flexibility index (Phi) is 3.10. The van der Waals surface area contributed by atoms with Crippen LogP contribution < -0.4 is 10.5 Å². The minimum absolute atomic E-state index is 0.0910. The van der Waals surface area contributed by atoms with E-state index in [1.54, 1.807) is 0 Å². The second-order valence-corrected chi connectivity index (χ2v) is 5.69.